The molecule has 3 aliphatic rings. The summed E-state index contributed by atoms with van der Waals surface area (Å²) >= 11 is 0. The second-order valence-corrected chi connectivity index (χ2v) is 9.64. The van der Waals surface area contributed by atoms with E-state index in [1.165, 1.54) is 64.7 Å². The largest absolute Gasteiger partial charge is 0.302 e. The minimum atomic E-state index is -0.241. The van der Waals surface area contributed by atoms with Crippen molar-refractivity contribution in [2.45, 2.75) is 102 Å². The van der Waals surface area contributed by atoms with Crippen LogP contribution >= 0.6 is 0 Å². The molecule has 5 heteroatoms. The molecule has 3 heterocycles. The summed E-state index contributed by atoms with van der Waals surface area (Å²) in [5, 5.41) is 0. The van der Waals surface area contributed by atoms with Gasteiger partial charge in [0.2, 0.25) is 0 Å². The molecule has 0 N–H and O–H groups in total. The molecule has 1 aromatic heterocycles. The van der Waals surface area contributed by atoms with Gasteiger partial charge in [0.25, 0.3) is 5.56 Å². The fourth-order valence-corrected chi connectivity index (χ4v) is 6.47. The Kier molecular flexibility index (Phi) is 5.48. The third kappa shape index (κ3) is 3.51. The molecular formula is C25H33N3O2. The van der Waals surface area contributed by atoms with E-state index in [1.807, 2.05) is 28.8 Å². The number of rotatable bonds is 3. The monoisotopic (exact) mass is 407 g/mol. The predicted octanol–water partition coefficient (Wildman–Crippen LogP) is 4.88. The fraction of sp³-hybridized carbons (Fsp3) is 0.640. The molecule has 160 valence electrons. The van der Waals surface area contributed by atoms with Crippen LogP contribution in [-0.4, -0.2) is 38.4 Å². The van der Waals surface area contributed by atoms with Crippen molar-refractivity contribution in [3.05, 3.63) is 40.3 Å². The van der Waals surface area contributed by atoms with Crippen molar-refractivity contribution in [1.82, 2.24) is 14.5 Å². The van der Waals surface area contributed by atoms with Crippen LogP contribution < -0.4 is 5.56 Å². The SMILES string of the molecule is CC(=O)c1nc2ccccc2n([C@H]2C[C@H]3CC[C@@H](C2)N3C2CCCCCCC2)c1=O. The molecule has 0 amide bonds. The van der Waals surface area contributed by atoms with E-state index in [9.17, 15) is 9.59 Å². The molecule has 0 unspecified atom stereocenters. The van der Waals surface area contributed by atoms with Crippen LogP contribution in [0.25, 0.3) is 11.0 Å². The number of carbonyl (C=O) groups excluding carboxylic acids is 1. The van der Waals surface area contributed by atoms with E-state index >= 15 is 0 Å². The van der Waals surface area contributed by atoms with Crippen molar-refractivity contribution >= 4 is 16.8 Å². The molecule has 1 aliphatic carbocycles. The Morgan fingerprint density at radius 2 is 1.50 bits per heavy atom. The Bertz CT molecular complexity index is 976. The highest BCUT2D eigenvalue weighted by molar-refractivity contribution is 5.93. The van der Waals surface area contributed by atoms with E-state index in [2.05, 4.69) is 9.88 Å². The van der Waals surface area contributed by atoms with Crippen molar-refractivity contribution in [3.8, 4) is 0 Å². The topological polar surface area (TPSA) is 55.2 Å². The first-order valence-electron chi connectivity index (χ1n) is 11.9. The molecule has 2 bridgehead atoms. The van der Waals surface area contributed by atoms with Crippen molar-refractivity contribution in [3.63, 3.8) is 0 Å². The number of benzene rings is 1. The van der Waals surface area contributed by atoms with Gasteiger partial charge in [-0.05, 0) is 50.7 Å². The van der Waals surface area contributed by atoms with E-state index in [-0.39, 0.29) is 23.1 Å². The third-order valence-corrected chi connectivity index (χ3v) is 7.75. The molecule has 5 nitrogen and oxygen atoms in total. The third-order valence-electron chi connectivity index (χ3n) is 7.75. The molecule has 0 radical (unpaired) electrons. The van der Waals surface area contributed by atoms with Gasteiger partial charge in [-0.2, -0.15) is 0 Å². The zero-order chi connectivity index (χ0) is 20.7. The minimum absolute atomic E-state index is 0.0866. The van der Waals surface area contributed by atoms with Crippen molar-refractivity contribution in [2.75, 3.05) is 0 Å². The standard InChI is InChI=1S/C25H33N3O2/c1-17(29)24-25(30)28(23-12-8-7-11-22(23)26-24)21-15-19-13-14-20(16-21)27(19)18-9-5-3-2-4-6-10-18/h7-8,11-12,18-21H,2-6,9-10,13-16H2,1H3/t19-,20+,21+. The smallest absolute Gasteiger partial charge is 0.280 e. The van der Waals surface area contributed by atoms with Gasteiger partial charge < -0.3 is 4.57 Å². The van der Waals surface area contributed by atoms with E-state index < -0.39 is 0 Å². The highest BCUT2D eigenvalue weighted by Crippen LogP contribution is 2.44. The summed E-state index contributed by atoms with van der Waals surface area (Å²) in [5.74, 6) is -0.241. The summed E-state index contributed by atoms with van der Waals surface area (Å²) in [6.07, 6.45) is 14.1. The van der Waals surface area contributed by atoms with Gasteiger partial charge in [-0.1, -0.05) is 44.2 Å². The van der Waals surface area contributed by atoms with Gasteiger partial charge in [-0.25, -0.2) is 4.98 Å². The second-order valence-electron chi connectivity index (χ2n) is 9.64. The number of aromatic nitrogens is 2. The van der Waals surface area contributed by atoms with Gasteiger partial charge in [0.05, 0.1) is 11.0 Å². The van der Waals surface area contributed by atoms with Crippen LogP contribution in [0, 0.1) is 0 Å². The zero-order valence-electron chi connectivity index (χ0n) is 18.1. The highest BCUT2D eigenvalue weighted by Gasteiger charge is 2.44. The predicted molar refractivity (Wildman–Crippen MR) is 119 cm³/mol. The summed E-state index contributed by atoms with van der Waals surface area (Å²) in [7, 11) is 0. The molecule has 2 aliphatic heterocycles. The molecule has 1 saturated carbocycles. The first kappa shape index (κ1) is 19.9. The maximum absolute atomic E-state index is 13.3. The number of nitrogens with zero attached hydrogens (tertiary/aromatic N) is 3. The molecule has 2 saturated heterocycles. The highest BCUT2D eigenvalue weighted by atomic mass is 16.1. The van der Waals surface area contributed by atoms with Crippen LogP contribution in [-0.2, 0) is 0 Å². The Hall–Kier alpha value is -2.01. The van der Waals surface area contributed by atoms with Crippen LogP contribution in [0.1, 0.15) is 94.1 Å². The van der Waals surface area contributed by atoms with Gasteiger partial charge in [-0.3, -0.25) is 14.5 Å². The van der Waals surface area contributed by atoms with E-state index in [4.69, 9.17) is 0 Å². The van der Waals surface area contributed by atoms with Gasteiger partial charge in [0.1, 0.15) is 0 Å². The zero-order valence-corrected chi connectivity index (χ0v) is 18.1. The molecular weight excluding hydrogens is 374 g/mol. The summed E-state index contributed by atoms with van der Waals surface area (Å²) in [6, 6.07) is 9.80. The van der Waals surface area contributed by atoms with Gasteiger partial charge in [0, 0.05) is 31.1 Å². The Morgan fingerprint density at radius 3 is 2.17 bits per heavy atom. The van der Waals surface area contributed by atoms with Crippen molar-refractivity contribution < 1.29 is 4.79 Å². The number of hydrogen-bond acceptors (Lipinski definition) is 4. The van der Waals surface area contributed by atoms with Gasteiger partial charge >= 0.3 is 0 Å². The quantitative estimate of drug-likeness (QED) is 0.681. The molecule has 1 aromatic carbocycles. The Morgan fingerprint density at radius 1 is 0.867 bits per heavy atom. The molecule has 5 rings (SSSR count). The van der Waals surface area contributed by atoms with Crippen LogP contribution in [0.3, 0.4) is 0 Å². The number of Topliss-reactive ketones (excluding diaryl/α,β-unsaturated/α-hetero) is 1. The van der Waals surface area contributed by atoms with Crippen molar-refractivity contribution in [1.29, 1.82) is 0 Å². The number of piperidine rings is 1. The number of para-hydroxylation sites is 2. The number of hydrogen-bond donors (Lipinski definition) is 0. The summed E-state index contributed by atoms with van der Waals surface area (Å²) in [5.41, 5.74) is 1.50. The summed E-state index contributed by atoms with van der Waals surface area (Å²) in [6.45, 7) is 1.45. The average Bonchev–Trinajstić information content (AvgIpc) is 2.96. The van der Waals surface area contributed by atoms with Crippen LogP contribution in [0.5, 0.6) is 0 Å². The first-order valence-corrected chi connectivity index (χ1v) is 11.9. The van der Waals surface area contributed by atoms with Crippen LogP contribution in [0.15, 0.2) is 29.1 Å². The lowest BCUT2D eigenvalue weighted by Gasteiger charge is -2.45. The van der Waals surface area contributed by atoms with E-state index in [0.29, 0.717) is 12.1 Å². The molecule has 0 spiro atoms. The summed E-state index contributed by atoms with van der Waals surface area (Å²) in [4.78, 5) is 32.7. The molecule has 3 atom stereocenters. The molecule has 2 aromatic rings. The molecule has 3 fully saturated rings. The number of carbonyl (C=O) groups is 1. The van der Waals surface area contributed by atoms with Crippen molar-refractivity contribution in [2.24, 2.45) is 0 Å². The van der Waals surface area contributed by atoms with Crippen LogP contribution in [0.4, 0.5) is 0 Å². The maximum Gasteiger partial charge on any atom is 0.280 e. The maximum atomic E-state index is 13.3. The average molecular weight is 408 g/mol. The fourth-order valence-electron chi connectivity index (χ4n) is 6.47. The lowest BCUT2D eigenvalue weighted by atomic mass is 9.89. The minimum Gasteiger partial charge on any atom is -0.302 e. The normalized spacial score (nSPS) is 28.4. The molecule has 30 heavy (non-hydrogen) atoms. The lowest BCUT2D eigenvalue weighted by molar-refractivity contribution is 0.0497. The Balaban J connectivity index is 1.48. The van der Waals surface area contributed by atoms with Gasteiger partial charge in [-0.15, -0.1) is 0 Å². The Labute approximate surface area is 178 Å². The lowest BCUT2D eigenvalue weighted by Crippen LogP contribution is -2.50. The summed E-state index contributed by atoms with van der Waals surface area (Å²) < 4.78 is 1.92. The number of fused-ring (bicyclic) bond motifs is 3. The second kappa shape index (κ2) is 8.26. The number of ketones is 1. The van der Waals surface area contributed by atoms with Gasteiger partial charge in [0.15, 0.2) is 11.5 Å². The van der Waals surface area contributed by atoms with E-state index in [1.54, 1.807) is 0 Å². The first-order chi connectivity index (χ1) is 14.6. The van der Waals surface area contributed by atoms with E-state index in [0.717, 1.165) is 29.9 Å². The van der Waals surface area contributed by atoms with Crippen LogP contribution in [0.2, 0.25) is 0 Å².